The van der Waals surface area contributed by atoms with Crippen LogP contribution in [-0.2, 0) is 5.41 Å². The van der Waals surface area contributed by atoms with Crippen LogP contribution in [0.4, 0.5) is 0 Å². The summed E-state index contributed by atoms with van der Waals surface area (Å²) in [6.07, 6.45) is 4.57. The van der Waals surface area contributed by atoms with Crippen molar-refractivity contribution in [2.24, 2.45) is 0 Å². The normalized spacial score (nSPS) is 26.6. The minimum Gasteiger partial charge on any atom is -0.339 e. The predicted octanol–water partition coefficient (Wildman–Crippen LogP) is 3.01. The van der Waals surface area contributed by atoms with Crippen LogP contribution in [0.5, 0.6) is 0 Å². The van der Waals surface area contributed by atoms with Crippen molar-refractivity contribution >= 4 is 23.5 Å². The van der Waals surface area contributed by atoms with E-state index in [1.807, 2.05) is 23.5 Å². The van der Waals surface area contributed by atoms with Crippen LogP contribution < -0.4 is 5.32 Å². The third-order valence-electron chi connectivity index (χ3n) is 4.29. The third kappa shape index (κ3) is 3.02. The highest BCUT2D eigenvalue weighted by molar-refractivity contribution is 8.06. The molecule has 20 heavy (non-hydrogen) atoms. The SMILES string of the molecule is CCCC1(c2nc(C3CSCCS3)no2)CCNCC1. The second-order valence-corrected chi connectivity index (χ2v) is 8.13. The van der Waals surface area contributed by atoms with Gasteiger partial charge in [-0.25, -0.2) is 0 Å². The molecule has 2 fully saturated rings. The van der Waals surface area contributed by atoms with Gasteiger partial charge in [0.15, 0.2) is 5.82 Å². The lowest BCUT2D eigenvalue weighted by atomic mass is 9.75. The monoisotopic (exact) mass is 313 g/mol. The van der Waals surface area contributed by atoms with Crippen LogP contribution in [0.2, 0.25) is 0 Å². The number of rotatable bonds is 4. The first-order chi connectivity index (χ1) is 9.84. The van der Waals surface area contributed by atoms with Crippen LogP contribution in [0.3, 0.4) is 0 Å². The van der Waals surface area contributed by atoms with E-state index in [9.17, 15) is 0 Å². The maximum atomic E-state index is 5.70. The Morgan fingerprint density at radius 1 is 1.35 bits per heavy atom. The predicted molar refractivity (Wildman–Crippen MR) is 85.5 cm³/mol. The summed E-state index contributed by atoms with van der Waals surface area (Å²) in [6.45, 7) is 4.37. The average molecular weight is 313 g/mol. The minimum atomic E-state index is 0.123. The quantitative estimate of drug-likeness (QED) is 0.922. The molecule has 2 aliphatic rings. The first kappa shape index (κ1) is 14.7. The summed E-state index contributed by atoms with van der Waals surface area (Å²) in [5.41, 5.74) is 0.123. The molecule has 2 saturated heterocycles. The van der Waals surface area contributed by atoms with Gasteiger partial charge < -0.3 is 9.84 Å². The zero-order valence-corrected chi connectivity index (χ0v) is 13.7. The largest absolute Gasteiger partial charge is 0.339 e. The van der Waals surface area contributed by atoms with E-state index in [0.29, 0.717) is 5.25 Å². The van der Waals surface area contributed by atoms with Gasteiger partial charge in [0.2, 0.25) is 5.89 Å². The molecule has 0 saturated carbocycles. The molecule has 112 valence electrons. The Labute approximate surface area is 129 Å². The molecule has 1 atom stereocenters. The van der Waals surface area contributed by atoms with Gasteiger partial charge in [-0.2, -0.15) is 16.7 Å². The number of thioether (sulfide) groups is 2. The topological polar surface area (TPSA) is 51.0 Å². The van der Waals surface area contributed by atoms with E-state index in [-0.39, 0.29) is 5.41 Å². The van der Waals surface area contributed by atoms with E-state index >= 15 is 0 Å². The Balaban J connectivity index is 1.79. The molecule has 0 spiro atoms. The Bertz CT molecular complexity index is 420. The summed E-state index contributed by atoms with van der Waals surface area (Å²) in [5, 5.41) is 8.17. The molecule has 4 nitrogen and oxygen atoms in total. The highest BCUT2D eigenvalue weighted by Gasteiger charge is 2.39. The summed E-state index contributed by atoms with van der Waals surface area (Å²) < 4.78 is 5.70. The van der Waals surface area contributed by atoms with Crippen molar-refractivity contribution in [1.82, 2.24) is 15.5 Å². The molecule has 3 rings (SSSR count). The van der Waals surface area contributed by atoms with Gasteiger partial charge in [0.05, 0.1) is 10.7 Å². The van der Waals surface area contributed by atoms with Gasteiger partial charge >= 0.3 is 0 Å². The number of piperidine rings is 1. The molecule has 0 radical (unpaired) electrons. The Kier molecular flexibility index (Phi) is 4.94. The van der Waals surface area contributed by atoms with Crippen LogP contribution in [0.25, 0.3) is 0 Å². The fraction of sp³-hybridized carbons (Fsp3) is 0.857. The highest BCUT2D eigenvalue weighted by Crippen LogP contribution is 2.40. The molecule has 1 unspecified atom stereocenters. The maximum absolute atomic E-state index is 5.70. The van der Waals surface area contributed by atoms with Crippen LogP contribution in [0.1, 0.15) is 49.6 Å². The van der Waals surface area contributed by atoms with Gasteiger partial charge in [-0.3, -0.25) is 0 Å². The van der Waals surface area contributed by atoms with Crippen LogP contribution in [0, 0.1) is 0 Å². The molecule has 2 aliphatic heterocycles. The number of nitrogens with zero attached hydrogens (tertiary/aromatic N) is 2. The van der Waals surface area contributed by atoms with Crippen molar-refractivity contribution in [3.8, 4) is 0 Å². The molecule has 0 aromatic carbocycles. The molecular weight excluding hydrogens is 290 g/mol. The molecule has 1 aromatic rings. The van der Waals surface area contributed by atoms with Gasteiger partial charge in [-0.1, -0.05) is 18.5 Å². The number of hydrogen-bond donors (Lipinski definition) is 1. The fourth-order valence-electron chi connectivity index (χ4n) is 3.17. The lowest BCUT2D eigenvalue weighted by Gasteiger charge is -2.34. The smallest absolute Gasteiger partial charge is 0.232 e. The van der Waals surface area contributed by atoms with Crippen molar-refractivity contribution in [2.75, 3.05) is 30.3 Å². The summed E-state index contributed by atoms with van der Waals surface area (Å²) in [6, 6.07) is 0. The molecule has 0 amide bonds. The van der Waals surface area contributed by atoms with Crippen LogP contribution in [-0.4, -0.2) is 40.5 Å². The van der Waals surface area contributed by atoms with E-state index in [1.54, 1.807) is 0 Å². The highest BCUT2D eigenvalue weighted by atomic mass is 32.2. The van der Waals surface area contributed by atoms with E-state index < -0.39 is 0 Å². The van der Waals surface area contributed by atoms with Gasteiger partial charge in [-0.15, -0.1) is 11.8 Å². The average Bonchev–Trinajstić information content (AvgIpc) is 3.00. The fourth-order valence-corrected chi connectivity index (χ4v) is 5.76. The van der Waals surface area contributed by atoms with Crippen molar-refractivity contribution in [1.29, 1.82) is 0 Å². The van der Waals surface area contributed by atoms with E-state index in [4.69, 9.17) is 9.51 Å². The summed E-state index contributed by atoms with van der Waals surface area (Å²) in [5.74, 6) is 5.38. The zero-order valence-electron chi connectivity index (χ0n) is 12.1. The lowest BCUT2D eigenvalue weighted by molar-refractivity contribution is 0.208. The van der Waals surface area contributed by atoms with Gasteiger partial charge in [-0.05, 0) is 32.4 Å². The molecule has 6 heteroatoms. The zero-order chi connectivity index (χ0) is 13.8. The Morgan fingerprint density at radius 2 is 2.20 bits per heavy atom. The van der Waals surface area contributed by atoms with Crippen molar-refractivity contribution in [3.05, 3.63) is 11.7 Å². The first-order valence-corrected chi connectivity index (χ1v) is 9.78. The molecular formula is C14H23N3OS2. The number of nitrogens with one attached hydrogen (secondary N) is 1. The van der Waals surface area contributed by atoms with Gasteiger partial charge in [0.25, 0.3) is 0 Å². The summed E-state index contributed by atoms with van der Waals surface area (Å²) in [7, 11) is 0. The Morgan fingerprint density at radius 3 is 2.90 bits per heavy atom. The first-order valence-electron chi connectivity index (χ1n) is 7.58. The standard InChI is InChI=1S/C14H23N3OS2/c1-2-3-14(4-6-15-7-5-14)13-16-12(17-18-13)11-10-19-8-9-20-11/h11,15H,2-10H2,1H3. The molecule has 0 bridgehead atoms. The minimum absolute atomic E-state index is 0.123. The molecule has 0 aliphatic carbocycles. The second-order valence-electron chi connectivity index (χ2n) is 5.67. The molecule has 1 aromatic heterocycles. The van der Waals surface area contributed by atoms with Gasteiger partial charge in [0.1, 0.15) is 0 Å². The molecule has 3 heterocycles. The number of hydrogen-bond acceptors (Lipinski definition) is 6. The Hall–Kier alpha value is -0.200. The second kappa shape index (κ2) is 6.71. The van der Waals surface area contributed by atoms with Crippen molar-refractivity contribution in [3.63, 3.8) is 0 Å². The number of aromatic nitrogens is 2. The summed E-state index contributed by atoms with van der Waals surface area (Å²) in [4.78, 5) is 4.81. The van der Waals surface area contributed by atoms with E-state index in [0.717, 1.165) is 49.8 Å². The van der Waals surface area contributed by atoms with Gasteiger partial charge in [0, 0.05) is 17.3 Å². The maximum Gasteiger partial charge on any atom is 0.232 e. The molecule has 1 N–H and O–H groups in total. The van der Waals surface area contributed by atoms with E-state index in [1.165, 1.54) is 17.9 Å². The van der Waals surface area contributed by atoms with Crippen LogP contribution >= 0.6 is 23.5 Å². The lowest BCUT2D eigenvalue weighted by Crippen LogP contribution is -2.40. The van der Waals surface area contributed by atoms with Crippen molar-refractivity contribution < 1.29 is 4.52 Å². The van der Waals surface area contributed by atoms with Crippen molar-refractivity contribution in [2.45, 2.75) is 43.3 Å². The third-order valence-corrected chi connectivity index (χ3v) is 7.04. The van der Waals surface area contributed by atoms with Crippen LogP contribution in [0.15, 0.2) is 4.52 Å². The van der Waals surface area contributed by atoms with E-state index in [2.05, 4.69) is 17.4 Å². The summed E-state index contributed by atoms with van der Waals surface area (Å²) >= 11 is 3.97.